The Bertz CT molecular complexity index is 776. The van der Waals surface area contributed by atoms with Crippen molar-refractivity contribution in [3.63, 3.8) is 0 Å². The summed E-state index contributed by atoms with van der Waals surface area (Å²) in [4.78, 5) is 27.5. The van der Waals surface area contributed by atoms with Gasteiger partial charge in [-0.05, 0) is 44.5 Å². The molecule has 2 rings (SSSR count). The molecule has 2 aromatic rings. The van der Waals surface area contributed by atoms with E-state index in [1.807, 2.05) is 20.8 Å². The second kappa shape index (κ2) is 7.38. The highest BCUT2D eigenvalue weighted by atomic mass is 16.5. The largest absolute Gasteiger partial charge is 0.361 e. The Morgan fingerprint density at radius 3 is 2.36 bits per heavy atom. The average Bonchev–Trinajstić information content (AvgIpc) is 2.86. The number of carbonyl (C=O) groups is 2. The lowest BCUT2D eigenvalue weighted by atomic mass is 10.1. The first-order valence-corrected chi connectivity index (χ1v) is 7.97. The number of nitrogens with one attached hydrogen (secondary N) is 1. The molecule has 7 nitrogen and oxygen atoms in total. The van der Waals surface area contributed by atoms with Crippen LogP contribution in [-0.2, 0) is 6.54 Å². The Morgan fingerprint density at radius 2 is 1.84 bits per heavy atom. The van der Waals surface area contributed by atoms with Gasteiger partial charge in [-0.2, -0.15) is 0 Å². The SMILES string of the molecule is Cc1cc(NC(=O)N(C)Cc2c(C)noc2C)ccc1C(=O)N(C)C. The molecule has 25 heavy (non-hydrogen) atoms. The highest BCUT2D eigenvalue weighted by Crippen LogP contribution is 2.18. The zero-order chi connectivity index (χ0) is 18.7. The minimum absolute atomic E-state index is 0.0640. The van der Waals surface area contributed by atoms with Gasteiger partial charge < -0.3 is 19.6 Å². The van der Waals surface area contributed by atoms with Crippen LogP contribution in [0.4, 0.5) is 10.5 Å². The van der Waals surface area contributed by atoms with Crippen LogP contribution in [0.25, 0.3) is 0 Å². The van der Waals surface area contributed by atoms with Crippen LogP contribution in [0.15, 0.2) is 22.7 Å². The van der Waals surface area contributed by atoms with E-state index in [2.05, 4.69) is 10.5 Å². The number of urea groups is 1. The quantitative estimate of drug-likeness (QED) is 0.925. The molecule has 3 amide bonds. The van der Waals surface area contributed by atoms with Gasteiger partial charge in [0.2, 0.25) is 0 Å². The molecule has 0 atom stereocenters. The van der Waals surface area contributed by atoms with Gasteiger partial charge in [0.05, 0.1) is 12.2 Å². The van der Waals surface area contributed by atoms with E-state index in [9.17, 15) is 9.59 Å². The minimum Gasteiger partial charge on any atom is -0.361 e. The van der Waals surface area contributed by atoms with Crippen LogP contribution < -0.4 is 5.32 Å². The summed E-state index contributed by atoms with van der Waals surface area (Å²) in [5.41, 5.74) is 3.75. The maximum atomic E-state index is 12.4. The third kappa shape index (κ3) is 4.17. The number of hydrogen-bond acceptors (Lipinski definition) is 4. The number of amides is 3. The van der Waals surface area contributed by atoms with E-state index in [-0.39, 0.29) is 11.9 Å². The summed E-state index contributed by atoms with van der Waals surface area (Å²) in [7, 11) is 5.13. The van der Waals surface area contributed by atoms with Crippen LogP contribution in [0.5, 0.6) is 0 Å². The molecule has 1 N–H and O–H groups in total. The molecule has 0 saturated carbocycles. The van der Waals surface area contributed by atoms with Gasteiger partial charge in [-0.1, -0.05) is 5.16 Å². The molecular weight excluding hydrogens is 320 g/mol. The van der Waals surface area contributed by atoms with E-state index in [0.717, 1.165) is 16.8 Å². The molecule has 0 spiro atoms. The number of hydrogen-bond donors (Lipinski definition) is 1. The number of benzene rings is 1. The van der Waals surface area contributed by atoms with Gasteiger partial charge in [0.1, 0.15) is 5.76 Å². The highest BCUT2D eigenvalue weighted by Gasteiger charge is 2.16. The van der Waals surface area contributed by atoms with Crippen LogP contribution in [0.3, 0.4) is 0 Å². The lowest BCUT2D eigenvalue weighted by Crippen LogP contribution is -2.31. The van der Waals surface area contributed by atoms with Crippen LogP contribution in [0, 0.1) is 20.8 Å². The minimum atomic E-state index is -0.244. The molecule has 0 aliphatic rings. The molecule has 0 radical (unpaired) electrons. The molecule has 0 aliphatic carbocycles. The summed E-state index contributed by atoms with van der Waals surface area (Å²) in [6.07, 6.45) is 0. The Balaban J connectivity index is 2.07. The molecule has 1 aromatic heterocycles. The maximum Gasteiger partial charge on any atom is 0.321 e. The number of rotatable bonds is 4. The monoisotopic (exact) mass is 344 g/mol. The van der Waals surface area contributed by atoms with Crippen molar-refractivity contribution in [2.75, 3.05) is 26.5 Å². The van der Waals surface area contributed by atoms with Gasteiger partial charge in [0, 0.05) is 38.0 Å². The zero-order valence-electron chi connectivity index (χ0n) is 15.5. The number of nitrogens with zero attached hydrogens (tertiary/aromatic N) is 3. The molecular formula is C18H24N4O3. The first-order valence-electron chi connectivity index (χ1n) is 7.97. The maximum absolute atomic E-state index is 12.4. The highest BCUT2D eigenvalue weighted by molar-refractivity contribution is 5.96. The third-order valence-corrected chi connectivity index (χ3v) is 4.04. The second-order valence-electron chi connectivity index (χ2n) is 6.32. The zero-order valence-corrected chi connectivity index (χ0v) is 15.5. The Hall–Kier alpha value is -2.83. The smallest absolute Gasteiger partial charge is 0.321 e. The predicted octanol–water partition coefficient (Wildman–Crippen LogP) is 2.97. The van der Waals surface area contributed by atoms with Crippen molar-refractivity contribution in [2.24, 2.45) is 0 Å². The molecule has 0 bridgehead atoms. The summed E-state index contributed by atoms with van der Waals surface area (Å²) in [5.74, 6) is 0.644. The molecule has 134 valence electrons. The second-order valence-corrected chi connectivity index (χ2v) is 6.32. The standard InChI is InChI=1S/C18H24N4O3/c1-11-9-14(7-8-15(11)17(23)21(4)5)19-18(24)22(6)10-16-12(2)20-25-13(16)3/h7-9H,10H2,1-6H3,(H,19,24). The van der Waals surface area contributed by atoms with Gasteiger partial charge in [0.15, 0.2) is 0 Å². The van der Waals surface area contributed by atoms with Crippen molar-refractivity contribution in [3.05, 3.63) is 46.3 Å². The summed E-state index contributed by atoms with van der Waals surface area (Å²) >= 11 is 0. The van der Waals surface area contributed by atoms with Crippen molar-refractivity contribution in [1.82, 2.24) is 15.0 Å². The summed E-state index contributed by atoms with van der Waals surface area (Å²) in [5, 5.41) is 6.74. The lowest BCUT2D eigenvalue weighted by molar-refractivity contribution is 0.0827. The summed E-state index contributed by atoms with van der Waals surface area (Å²) < 4.78 is 5.12. The van der Waals surface area contributed by atoms with Gasteiger partial charge in [-0.3, -0.25) is 4.79 Å². The number of anilines is 1. The molecule has 0 aliphatic heterocycles. The van der Waals surface area contributed by atoms with Crippen molar-refractivity contribution in [1.29, 1.82) is 0 Å². The molecule has 7 heteroatoms. The van der Waals surface area contributed by atoms with Gasteiger partial charge in [-0.25, -0.2) is 4.79 Å². The van der Waals surface area contributed by atoms with Gasteiger partial charge in [0.25, 0.3) is 5.91 Å². The first kappa shape index (κ1) is 18.5. The molecule has 0 unspecified atom stereocenters. The summed E-state index contributed by atoms with van der Waals surface area (Å²) in [6.45, 7) is 5.93. The Morgan fingerprint density at radius 1 is 1.16 bits per heavy atom. The Kier molecular flexibility index (Phi) is 5.46. The van der Waals surface area contributed by atoms with Crippen LogP contribution in [0.1, 0.15) is 32.9 Å². The fourth-order valence-corrected chi connectivity index (χ4v) is 2.48. The van der Waals surface area contributed by atoms with Gasteiger partial charge in [-0.15, -0.1) is 0 Å². The third-order valence-electron chi connectivity index (χ3n) is 4.04. The van der Waals surface area contributed by atoms with E-state index in [4.69, 9.17) is 4.52 Å². The number of aryl methyl sites for hydroxylation is 3. The predicted molar refractivity (Wildman–Crippen MR) is 95.7 cm³/mol. The van der Waals surface area contributed by atoms with E-state index in [1.54, 1.807) is 44.2 Å². The fraction of sp³-hybridized carbons (Fsp3) is 0.389. The topological polar surface area (TPSA) is 78.7 Å². The number of carbonyl (C=O) groups excluding carboxylic acids is 2. The van der Waals surface area contributed by atoms with E-state index in [0.29, 0.717) is 23.6 Å². The lowest BCUT2D eigenvalue weighted by Gasteiger charge is -2.19. The average molecular weight is 344 g/mol. The molecule has 1 heterocycles. The van der Waals surface area contributed by atoms with Crippen LogP contribution >= 0.6 is 0 Å². The molecule has 0 saturated heterocycles. The van der Waals surface area contributed by atoms with E-state index < -0.39 is 0 Å². The number of aromatic nitrogens is 1. The molecule has 1 aromatic carbocycles. The van der Waals surface area contributed by atoms with E-state index >= 15 is 0 Å². The first-order chi connectivity index (χ1) is 11.7. The molecule has 0 fully saturated rings. The van der Waals surface area contributed by atoms with Crippen molar-refractivity contribution >= 4 is 17.6 Å². The summed E-state index contributed by atoms with van der Waals surface area (Å²) in [6, 6.07) is 5.00. The normalized spacial score (nSPS) is 10.5. The van der Waals surface area contributed by atoms with E-state index in [1.165, 1.54) is 4.90 Å². The van der Waals surface area contributed by atoms with Crippen molar-refractivity contribution < 1.29 is 14.1 Å². The van der Waals surface area contributed by atoms with Crippen molar-refractivity contribution in [2.45, 2.75) is 27.3 Å². The van der Waals surface area contributed by atoms with Crippen LogP contribution in [-0.4, -0.2) is 48.0 Å². The fourth-order valence-electron chi connectivity index (χ4n) is 2.48. The van der Waals surface area contributed by atoms with Gasteiger partial charge >= 0.3 is 6.03 Å². The Labute approximate surface area is 147 Å². The van der Waals surface area contributed by atoms with Crippen LogP contribution in [0.2, 0.25) is 0 Å². The van der Waals surface area contributed by atoms with Crippen molar-refractivity contribution in [3.8, 4) is 0 Å².